The molecule has 3 aromatic carbocycles. The van der Waals surface area contributed by atoms with Gasteiger partial charge in [-0.05, 0) is 85.5 Å². The van der Waals surface area contributed by atoms with Gasteiger partial charge in [0.15, 0.2) is 0 Å². The Morgan fingerprint density at radius 3 is 2.20 bits per heavy atom. The molecule has 0 aliphatic heterocycles. The topological polar surface area (TPSA) is 18.5 Å². The van der Waals surface area contributed by atoms with Crippen molar-refractivity contribution in [2.45, 2.75) is 64.9 Å². The first kappa shape index (κ1) is 22.0. The van der Waals surface area contributed by atoms with Gasteiger partial charge in [-0.25, -0.2) is 0 Å². The Balaban J connectivity index is 1.54. The van der Waals surface area contributed by atoms with Crippen LogP contribution in [0.3, 0.4) is 0 Å². The minimum absolute atomic E-state index is 0.132. The van der Waals surface area contributed by atoms with E-state index in [1.807, 2.05) is 36.4 Å². The molecule has 2 heteroatoms. The molecule has 0 heterocycles. The lowest BCUT2D eigenvalue weighted by Crippen LogP contribution is -2.17. The maximum atomic E-state index is 5.97. The Kier molecular flexibility index (Phi) is 7.57. The van der Waals surface area contributed by atoms with Crippen LogP contribution < -0.4 is 9.47 Å². The Bertz CT molecular complexity index is 897. The minimum atomic E-state index is 0.132. The Labute approximate surface area is 181 Å². The van der Waals surface area contributed by atoms with E-state index in [0.29, 0.717) is 0 Å². The van der Waals surface area contributed by atoms with E-state index in [9.17, 15) is 0 Å². The molecular formula is C28H34O2. The van der Waals surface area contributed by atoms with Crippen LogP contribution >= 0.6 is 0 Å². The van der Waals surface area contributed by atoms with Crippen LogP contribution in [0.4, 0.5) is 0 Å². The van der Waals surface area contributed by atoms with Crippen molar-refractivity contribution >= 4 is 0 Å². The molecule has 0 spiro atoms. The zero-order valence-electron chi connectivity index (χ0n) is 18.7. The van der Waals surface area contributed by atoms with E-state index >= 15 is 0 Å². The summed E-state index contributed by atoms with van der Waals surface area (Å²) in [6.07, 6.45) is 4.58. The lowest BCUT2D eigenvalue weighted by molar-refractivity contribution is 0.217. The molecule has 0 radical (unpaired) electrons. The van der Waals surface area contributed by atoms with Gasteiger partial charge < -0.3 is 9.47 Å². The highest BCUT2D eigenvalue weighted by molar-refractivity contribution is 5.34. The van der Waals surface area contributed by atoms with E-state index in [-0.39, 0.29) is 11.5 Å². The predicted molar refractivity (Wildman–Crippen MR) is 126 cm³/mol. The standard InChI is InChI=1S/C28H34O2/c1-5-22(2)29-26-18-16-24(17-19-26)28(3,4)20-10-12-23-11-9-15-27(21-23)30-25-13-7-6-8-14-25/h6-9,11,13-19,21-22H,5,10,12,20H2,1-4H3. The summed E-state index contributed by atoms with van der Waals surface area (Å²) in [7, 11) is 0. The second-order valence-electron chi connectivity index (χ2n) is 8.66. The number of benzene rings is 3. The molecule has 0 aliphatic rings. The Morgan fingerprint density at radius 1 is 0.800 bits per heavy atom. The molecule has 0 fully saturated rings. The van der Waals surface area contributed by atoms with Crippen LogP contribution in [0.25, 0.3) is 0 Å². The molecule has 0 N–H and O–H groups in total. The highest BCUT2D eigenvalue weighted by Crippen LogP contribution is 2.31. The zero-order valence-corrected chi connectivity index (χ0v) is 18.7. The molecule has 3 rings (SSSR count). The summed E-state index contributed by atoms with van der Waals surface area (Å²) in [6, 6.07) is 27.0. The van der Waals surface area contributed by atoms with Crippen molar-refractivity contribution in [2.75, 3.05) is 0 Å². The molecule has 0 amide bonds. The highest BCUT2D eigenvalue weighted by Gasteiger charge is 2.20. The summed E-state index contributed by atoms with van der Waals surface area (Å²) in [4.78, 5) is 0. The number of aryl methyl sites for hydroxylation is 1. The first-order chi connectivity index (χ1) is 14.5. The van der Waals surface area contributed by atoms with Gasteiger partial charge in [-0.1, -0.05) is 63.2 Å². The molecular weight excluding hydrogens is 368 g/mol. The van der Waals surface area contributed by atoms with E-state index in [1.165, 1.54) is 11.1 Å². The molecule has 30 heavy (non-hydrogen) atoms. The lowest BCUT2D eigenvalue weighted by Gasteiger charge is -2.26. The van der Waals surface area contributed by atoms with Crippen LogP contribution in [0.1, 0.15) is 58.1 Å². The molecule has 1 atom stereocenters. The van der Waals surface area contributed by atoms with Crippen molar-refractivity contribution in [3.8, 4) is 17.2 Å². The summed E-state index contributed by atoms with van der Waals surface area (Å²) < 4.78 is 11.9. The average Bonchev–Trinajstić information content (AvgIpc) is 2.75. The van der Waals surface area contributed by atoms with Crippen LogP contribution in [0.5, 0.6) is 17.2 Å². The summed E-state index contributed by atoms with van der Waals surface area (Å²) >= 11 is 0. The zero-order chi connectivity index (χ0) is 21.4. The first-order valence-electron chi connectivity index (χ1n) is 11.1. The summed E-state index contributed by atoms with van der Waals surface area (Å²) in [5.41, 5.74) is 2.81. The van der Waals surface area contributed by atoms with Crippen LogP contribution in [0, 0.1) is 0 Å². The maximum absolute atomic E-state index is 5.97. The average molecular weight is 403 g/mol. The number of ether oxygens (including phenoxy) is 2. The summed E-state index contributed by atoms with van der Waals surface area (Å²) in [5.74, 6) is 2.73. The summed E-state index contributed by atoms with van der Waals surface area (Å²) in [6.45, 7) is 8.91. The van der Waals surface area contributed by atoms with Gasteiger partial charge >= 0.3 is 0 Å². The fourth-order valence-corrected chi connectivity index (χ4v) is 3.57. The van der Waals surface area contributed by atoms with Gasteiger partial charge in [-0.2, -0.15) is 0 Å². The molecule has 2 nitrogen and oxygen atoms in total. The van der Waals surface area contributed by atoms with Crippen LogP contribution in [-0.4, -0.2) is 6.10 Å². The van der Waals surface area contributed by atoms with Gasteiger partial charge in [0.25, 0.3) is 0 Å². The monoisotopic (exact) mass is 402 g/mol. The number of para-hydroxylation sites is 1. The van der Waals surface area contributed by atoms with Gasteiger partial charge in [0.2, 0.25) is 0 Å². The molecule has 0 saturated heterocycles. The number of rotatable bonds is 10. The van der Waals surface area contributed by atoms with Gasteiger partial charge in [0.05, 0.1) is 6.10 Å². The third-order valence-corrected chi connectivity index (χ3v) is 5.69. The second-order valence-corrected chi connectivity index (χ2v) is 8.66. The van der Waals surface area contributed by atoms with E-state index < -0.39 is 0 Å². The molecule has 1 unspecified atom stereocenters. The van der Waals surface area contributed by atoms with Crippen LogP contribution in [0.2, 0.25) is 0 Å². The smallest absolute Gasteiger partial charge is 0.127 e. The fraction of sp³-hybridized carbons (Fsp3) is 0.357. The Hall–Kier alpha value is -2.74. The number of hydrogen-bond donors (Lipinski definition) is 0. The van der Waals surface area contributed by atoms with E-state index in [1.54, 1.807) is 0 Å². The lowest BCUT2D eigenvalue weighted by atomic mass is 9.80. The van der Waals surface area contributed by atoms with Crippen molar-refractivity contribution in [1.29, 1.82) is 0 Å². The van der Waals surface area contributed by atoms with Gasteiger partial charge in [-0.15, -0.1) is 0 Å². The first-order valence-corrected chi connectivity index (χ1v) is 11.1. The third kappa shape index (κ3) is 6.38. The quantitative estimate of drug-likeness (QED) is 0.342. The largest absolute Gasteiger partial charge is 0.491 e. The fourth-order valence-electron chi connectivity index (χ4n) is 3.57. The number of hydrogen-bond acceptors (Lipinski definition) is 2. The molecule has 158 valence electrons. The minimum Gasteiger partial charge on any atom is -0.491 e. The third-order valence-electron chi connectivity index (χ3n) is 5.69. The van der Waals surface area contributed by atoms with Crippen LogP contribution in [0.15, 0.2) is 78.9 Å². The van der Waals surface area contributed by atoms with Crippen molar-refractivity contribution in [3.05, 3.63) is 90.0 Å². The molecule has 0 aromatic heterocycles. The van der Waals surface area contributed by atoms with Crippen LogP contribution in [-0.2, 0) is 11.8 Å². The van der Waals surface area contributed by atoms with Gasteiger partial charge in [0, 0.05) is 0 Å². The molecule has 3 aromatic rings. The van der Waals surface area contributed by atoms with Crippen molar-refractivity contribution in [3.63, 3.8) is 0 Å². The molecule has 0 saturated carbocycles. The van der Waals surface area contributed by atoms with E-state index in [0.717, 1.165) is 42.9 Å². The molecule has 0 aliphatic carbocycles. The van der Waals surface area contributed by atoms with Gasteiger partial charge in [0.1, 0.15) is 17.2 Å². The summed E-state index contributed by atoms with van der Waals surface area (Å²) in [5, 5.41) is 0. The SMILES string of the molecule is CCC(C)Oc1ccc(C(C)(C)CCCc2cccc(Oc3ccccc3)c2)cc1. The van der Waals surface area contributed by atoms with Crippen molar-refractivity contribution in [1.82, 2.24) is 0 Å². The normalized spacial score (nSPS) is 12.4. The van der Waals surface area contributed by atoms with Crippen molar-refractivity contribution in [2.24, 2.45) is 0 Å². The van der Waals surface area contributed by atoms with Crippen molar-refractivity contribution < 1.29 is 9.47 Å². The Morgan fingerprint density at radius 2 is 1.50 bits per heavy atom. The predicted octanol–water partition coefficient (Wildman–Crippen LogP) is 7.96. The maximum Gasteiger partial charge on any atom is 0.127 e. The van der Waals surface area contributed by atoms with E-state index in [4.69, 9.17) is 9.47 Å². The second kappa shape index (κ2) is 10.3. The molecule has 0 bridgehead atoms. The van der Waals surface area contributed by atoms with E-state index in [2.05, 4.69) is 70.2 Å². The highest BCUT2D eigenvalue weighted by atomic mass is 16.5. The van der Waals surface area contributed by atoms with Gasteiger partial charge in [-0.3, -0.25) is 0 Å².